The summed E-state index contributed by atoms with van der Waals surface area (Å²) in [6.45, 7) is 3.85. The number of hydrogen-bond donors (Lipinski definition) is 4. The van der Waals surface area contributed by atoms with Gasteiger partial charge in [-0.1, -0.05) is 13.8 Å². The van der Waals surface area contributed by atoms with Crippen molar-refractivity contribution in [1.82, 2.24) is 5.32 Å². The average molecular weight is 246 g/mol. The third-order valence-electron chi connectivity index (χ3n) is 2.44. The molecule has 0 rings (SSSR count). The van der Waals surface area contributed by atoms with Crippen molar-refractivity contribution in [3.8, 4) is 0 Å². The molecule has 2 atom stereocenters. The van der Waals surface area contributed by atoms with Crippen LogP contribution >= 0.6 is 0 Å². The number of aliphatic hydroxyl groups is 1. The van der Waals surface area contributed by atoms with Crippen molar-refractivity contribution >= 4 is 11.9 Å². The van der Waals surface area contributed by atoms with Crippen LogP contribution in [0.3, 0.4) is 0 Å². The lowest BCUT2D eigenvalue weighted by Crippen LogP contribution is -2.45. The van der Waals surface area contributed by atoms with Crippen LogP contribution in [0, 0.1) is 11.8 Å². The Balaban J connectivity index is 4.40. The number of carbonyl (C=O) groups excluding carboxylic acids is 1. The predicted molar refractivity (Wildman–Crippen MR) is 63.3 cm³/mol. The van der Waals surface area contributed by atoms with Gasteiger partial charge in [0.25, 0.3) is 0 Å². The second-order valence-corrected chi connectivity index (χ2v) is 4.47. The average Bonchev–Trinajstić information content (AvgIpc) is 2.24. The maximum absolute atomic E-state index is 11.8. The lowest BCUT2D eigenvalue weighted by molar-refractivity contribution is -0.143. The Morgan fingerprint density at radius 2 is 1.94 bits per heavy atom. The summed E-state index contributed by atoms with van der Waals surface area (Å²) in [6.07, 6.45) is 0.619. The summed E-state index contributed by atoms with van der Waals surface area (Å²) in [7, 11) is 0. The molecule has 0 aliphatic heterocycles. The molecule has 0 fully saturated rings. The highest BCUT2D eigenvalue weighted by Crippen LogP contribution is 2.11. The van der Waals surface area contributed by atoms with Crippen molar-refractivity contribution in [3.05, 3.63) is 0 Å². The van der Waals surface area contributed by atoms with Gasteiger partial charge in [-0.25, -0.2) is 4.79 Å². The number of aliphatic carboxylic acids is 1. The summed E-state index contributed by atoms with van der Waals surface area (Å²) in [5.74, 6) is -1.57. The quantitative estimate of drug-likeness (QED) is 0.464. The van der Waals surface area contributed by atoms with E-state index in [2.05, 4.69) is 5.32 Å². The predicted octanol–water partition coefficient (Wildman–Crippen LogP) is -0.441. The molecule has 1 amide bonds. The standard InChI is InChI=1S/C11H22N2O4/c1-7(2)5-8(6-12)10(15)13-9(3-4-14)11(16)17/h7-9,14H,3-6,12H2,1-2H3,(H,13,15)(H,16,17)/t8?,9-/m1/s1. The minimum atomic E-state index is -1.15. The van der Waals surface area contributed by atoms with Crippen molar-refractivity contribution in [2.75, 3.05) is 13.2 Å². The Morgan fingerprint density at radius 3 is 2.29 bits per heavy atom. The highest BCUT2D eigenvalue weighted by Gasteiger charge is 2.24. The molecule has 6 heteroatoms. The summed E-state index contributed by atoms with van der Waals surface area (Å²) >= 11 is 0. The van der Waals surface area contributed by atoms with Crippen LogP contribution in [0.5, 0.6) is 0 Å². The molecular formula is C11H22N2O4. The molecule has 0 heterocycles. The smallest absolute Gasteiger partial charge is 0.326 e. The van der Waals surface area contributed by atoms with Gasteiger partial charge < -0.3 is 21.3 Å². The lowest BCUT2D eigenvalue weighted by atomic mass is 9.96. The first-order valence-corrected chi connectivity index (χ1v) is 5.76. The molecule has 0 saturated heterocycles. The van der Waals surface area contributed by atoms with Crippen LogP contribution in [0.1, 0.15) is 26.7 Å². The Labute approximate surface area is 101 Å². The number of aliphatic hydroxyl groups excluding tert-OH is 1. The van der Waals surface area contributed by atoms with Crippen LogP contribution in [0.2, 0.25) is 0 Å². The molecule has 0 bridgehead atoms. The van der Waals surface area contributed by atoms with Crippen LogP contribution in [0.4, 0.5) is 0 Å². The molecule has 100 valence electrons. The third-order valence-corrected chi connectivity index (χ3v) is 2.44. The van der Waals surface area contributed by atoms with E-state index in [-0.39, 0.29) is 31.4 Å². The van der Waals surface area contributed by atoms with E-state index in [1.807, 2.05) is 13.8 Å². The van der Waals surface area contributed by atoms with Gasteiger partial charge in [-0.15, -0.1) is 0 Å². The first-order valence-electron chi connectivity index (χ1n) is 5.76. The van der Waals surface area contributed by atoms with Crippen molar-refractivity contribution < 1.29 is 19.8 Å². The zero-order valence-electron chi connectivity index (χ0n) is 10.3. The molecule has 5 N–H and O–H groups in total. The Kier molecular flexibility index (Phi) is 7.49. The molecule has 0 aliphatic rings. The van der Waals surface area contributed by atoms with Crippen molar-refractivity contribution in [1.29, 1.82) is 0 Å². The number of amides is 1. The molecular weight excluding hydrogens is 224 g/mol. The summed E-state index contributed by atoms with van der Waals surface area (Å²) in [4.78, 5) is 22.6. The number of nitrogens with one attached hydrogen (secondary N) is 1. The van der Waals surface area contributed by atoms with Gasteiger partial charge in [-0.2, -0.15) is 0 Å². The molecule has 1 unspecified atom stereocenters. The maximum atomic E-state index is 11.8. The number of rotatable bonds is 8. The minimum absolute atomic E-state index is 0.0000430. The van der Waals surface area contributed by atoms with Gasteiger partial charge in [-0.05, 0) is 12.3 Å². The fraction of sp³-hybridized carbons (Fsp3) is 0.818. The van der Waals surface area contributed by atoms with E-state index in [9.17, 15) is 9.59 Å². The number of hydrogen-bond acceptors (Lipinski definition) is 4. The molecule has 17 heavy (non-hydrogen) atoms. The van der Waals surface area contributed by atoms with E-state index in [1.54, 1.807) is 0 Å². The monoisotopic (exact) mass is 246 g/mol. The number of carboxylic acid groups (broad SMARTS) is 1. The third kappa shape index (κ3) is 6.23. The summed E-state index contributed by atoms with van der Waals surface area (Å²) in [5.41, 5.74) is 5.49. The van der Waals surface area contributed by atoms with Gasteiger partial charge in [0.15, 0.2) is 0 Å². The summed E-state index contributed by atoms with van der Waals surface area (Å²) in [5, 5.41) is 19.9. The Morgan fingerprint density at radius 1 is 1.35 bits per heavy atom. The molecule has 6 nitrogen and oxygen atoms in total. The van der Waals surface area contributed by atoms with Gasteiger partial charge in [0, 0.05) is 19.6 Å². The van der Waals surface area contributed by atoms with Gasteiger partial charge >= 0.3 is 5.97 Å². The van der Waals surface area contributed by atoms with Crippen LogP contribution < -0.4 is 11.1 Å². The zero-order chi connectivity index (χ0) is 13.4. The first kappa shape index (κ1) is 15.9. The minimum Gasteiger partial charge on any atom is -0.480 e. The Bertz CT molecular complexity index is 256. The van der Waals surface area contributed by atoms with Crippen LogP contribution in [0.25, 0.3) is 0 Å². The molecule has 0 aromatic rings. The van der Waals surface area contributed by atoms with Gasteiger partial charge in [0.05, 0.1) is 5.92 Å². The normalized spacial score (nSPS) is 14.4. The highest BCUT2D eigenvalue weighted by atomic mass is 16.4. The summed E-state index contributed by atoms with van der Waals surface area (Å²) < 4.78 is 0. The van der Waals surface area contributed by atoms with Crippen LogP contribution in [-0.4, -0.2) is 41.3 Å². The molecule has 0 aliphatic carbocycles. The maximum Gasteiger partial charge on any atom is 0.326 e. The van der Waals surface area contributed by atoms with E-state index >= 15 is 0 Å². The van der Waals surface area contributed by atoms with Crippen LogP contribution in [-0.2, 0) is 9.59 Å². The van der Waals surface area contributed by atoms with Crippen molar-refractivity contribution in [2.24, 2.45) is 17.6 Å². The van der Waals surface area contributed by atoms with E-state index in [4.69, 9.17) is 15.9 Å². The topological polar surface area (TPSA) is 113 Å². The number of carboxylic acids is 1. The van der Waals surface area contributed by atoms with E-state index < -0.39 is 12.0 Å². The highest BCUT2D eigenvalue weighted by molar-refractivity contribution is 5.85. The van der Waals surface area contributed by atoms with Gasteiger partial charge in [0.1, 0.15) is 6.04 Å². The zero-order valence-corrected chi connectivity index (χ0v) is 10.3. The van der Waals surface area contributed by atoms with E-state index in [0.29, 0.717) is 12.3 Å². The number of nitrogens with two attached hydrogens (primary N) is 1. The van der Waals surface area contributed by atoms with Gasteiger partial charge in [-0.3, -0.25) is 4.79 Å². The van der Waals surface area contributed by atoms with E-state index in [1.165, 1.54) is 0 Å². The fourth-order valence-electron chi connectivity index (χ4n) is 1.56. The van der Waals surface area contributed by atoms with E-state index in [0.717, 1.165) is 0 Å². The molecule has 0 aromatic carbocycles. The Hall–Kier alpha value is -1.14. The fourth-order valence-corrected chi connectivity index (χ4v) is 1.56. The van der Waals surface area contributed by atoms with Crippen molar-refractivity contribution in [2.45, 2.75) is 32.7 Å². The second kappa shape index (κ2) is 8.03. The second-order valence-electron chi connectivity index (χ2n) is 4.47. The molecule has 0 radical (unpaired) electrons. The SMILES string of the molecule is CC(C)CC(CN)C(=O)N[C@H](CCO)C(=O)O. The number of carbonyl (C=O) groups is 2. The lowest BCUT2D eigenvalue weighted by Gasteiger charge is -2.20. The molecule has 0 spiro atoms. The molecule has 0 saturated carbocycles. The van der Waals surface area contributed by atoms with Crippen LogP contribution in [0.15, 0.2) is 0 Å². The summed E-state index contributed by atoms with van der Waals surface area (Å²) in [6, 6.07) is -1.05. The van der Waals surface area contributed by atoms with Crippen molar-refractivity contribution in [3.63, 3.8) is 0 Å². The van der Waals surface area contributed by atoms with Gasteiger partial charge in [0.2, 0.25) is 5.91 Å². The largest absolute Gasteiger partial charge is 0.480 e. The molecule has 0 aromatic heterocycles. The first-order chi connectivity index (χ1) is 7.92.